The van der Waals surface area contributed by atoms with Gasteiger partial charge in [-0.05, 0) is 30.7 Å². The Bertz CT molecular complexity index is 668. The number of hydrogen-bond acceptors (Lipinski definition) is 3. The molecule has 20 heavy (non-hydrogen) atoms. The van der Waals surface area contributed by atoms with E-state index < -0.39 is 0 Å². The standard InChI is InChI=1S/C16H17ClN2O/c1-9(2)16-18-14(10(3)15(17)19-16)12-4-5-13-11(8-12)6-7-20-13/h4-5,8-9H,6-7H2,1-3H3. The highest BCUT2D eigenvalue weighted by atomic mass is 35.5. The van der Waals surface area contributed by atoms with Gasteiger partial charge in [0.1, 0.15) is 16.7 Å². The fraction of sp³-hybridized carbons (Fsp3) is 0.375. The first kappa shape index (κ1) is 13.4. The molecule has 2 aromatic rings. The van der Waals surface area contributed by atoms with Crippen LogP contribution in [0.5, 0.6) is 5.75 Å². The number of halogens is 1. The maximum Gasteiger partial charge on any atom is 0.136 e. The molecule has 1 aliphatic rings. The van der Waals surface area contributed by atoms with Gasteiger partial charge < -0.3 is 4.74 Å². The SMILES string of the molecule is Cc1c(Cl)nc(C(C)C)nc1-c1ccc2c(c1)CCO2. The molecule has 1 aromatic heterocycles. The summed E-state index contributed by atoms with van der Waals surface area (Å²) in [5.74, 6) is 2.02. The molecule has 104 valence electrons. The molecule has 0 unspecified atom stereocenters. The van der Waals surface area contributed by atoms with Gasteiger partial charge in [0.15, 0.2) is 0 Å². The fourth-order valence-electron chi connectivity index (χ4n) is 2.38. The van der Waals surface area contributed by atoms with E-state index in [0.717, 1.165) is 41.4 Å². The molecule has 4 heteroatoms. The molecule has 0 radical (unpaired) electrons. The number of nitrogens with zero attached hydrogens (tertiary/aromatic N) is 2. The van der Waals surface area contributed by atoms with Crippen molar-refractivity contribution in [1.82, 2.24) is 9.97 Å². The first-order valence-electron chi connectivity index (χ1n) is 6.86. The lowest BCUT2D eigenvalue weighted by atomic mass is 10.0. The lowest BCUT2D eigenvalue weighted by Crippen LogP contribution is -2.02. The highest BCUT2D eigenvalue weighted by Gasteiger charge is 2.17. The minimum atomic E-state index is 0.254. The monoisotopic (exact) mass is 288 g/mol. The second-order valence-corrected chi connectivity index (χ2v) is 5.78. The van der Waals surface area contributed by atoms with Crippen molar-refractivity contribution < 1.29 is 4.74 Å². The zero-order valence-electron chi connectivity index (χ0n) is 11.9. The largest absolute Gasteiger partial charge is 0.493 e. The third-order valence-corrected chi connectivity index (χ3v) is 3.95. The minimum absolute atomic E-state index is 0.254. The van der Waals surface area contributed by atoms with Crippen molar-refractivity contribution in [2.45, 2.75) is 33.1 Å². The van der Waals surface area contributed by atoms with Crippen LogP contribution in [0.15, 0.2) is 18.2 Å². The van der Waals surface area contributed by atoms with Gasteiger partial charge in [-0.2, -0.15) is 0 Å². The van der Waals surface area contributed by atoms with Crippen molar-refractivity contribution in [1.29, 1.82) is 0 Å². The van der Waals surface area contributed by atoms with Crippen LogP contribution in [0.25, 0.3) is 11.3 Å². The summed E-state index contributed by atoms with van der Waals surface area (Å²) in [6, 6.07) is 6.21. The molecule has 0 bridgehead atoms. The van der Waals surface area contributed by atoms with E-state index in [-0.39, 0.29) is 5.92 Å². The molecule has 3 rings (SSSR count). The van der Waals surface area contributed by atoms with Crippen LogP contribution in [-0.4, -0.2) is 16.6 Å². The summed E-state index contributed by atoms with van der Waals surface area (Å²) in [6.45, 7) is 6.87. The summed E-state index contributed by atoms with van der Waals surface area (Å²) < 4.78 is 5.55. The molecule has 0 saturated carbocycles. The third kappa shape index (κ3) is 2.27. The van der Waals surface area contributed by atoms with Crippen molar-refractivity contribution in [3.63, 3.8) is 0 Å². The predicted molar refractivity (Wildman–Crippen MR) is 80.5 cm³/mol. The second-order valence-electron chi connectivity index (χ2n) is 5.42. The smallest absolute Gasteiger partial charge is 0.136 e. The van der Waals surface area contributed by atoms with E-state index in [2.05, 4.69) is 24.9 Å². The number of benzene rings is 1. The predicted octanol–water partition coefficient (Wildman–Crippen LogP) is 4.16. The van der Waals surface area contributed by atoms with E-state index in [1.165, 1.54) is 5.56 Å². The average Bonchev–Trinajstić information content (AvgIpc) is 2.88. The average molecular weight is 289 g/mol. The molecule has 0 saturated heterocycles. The van der Waals surface area contributed by atoms with Crippen LogP contribution in [0.4, 0.5) is 0 Å². The number of rotatable bonds is 2. The molecule has 0 amide bonds. The number of aromatic nitrogens is 2. The topological polar surface area (TPSA) is 35.0 Å². The van der Waals surface area contributed by atoms with Gasteiger partial charge in [-0.25, -0.2) is 9.97 Å². The Kier molecular flexibility index (Phi) is 3.38. The number of ether oxygens (including phenoxy) is 1. The van der Waals surface area contributed by atoms with Crippen LogP contribution in [-0.2, 0) is 6.42 Å². The first-order valence-corrected chi connectivity index (χ1v) is 7.24. The van der Waals surface area contributed by atoms with E-state index in [0.29, 0.717) is 5.15 Å². The van der Waals surface area contributed by atoms with Crippen LogP contribution in [0.3, 0.4) is 0 Å². The molecular formula is C16H17ClN2O. The van der Waals surface area contributed by atoms with Gasteiger partial charge in [0.25, 0.3) is 0 Å². The van der Waals surface area contributed by atoms with Gasteiger partial charge in [0.05, 0.1) is 12.3 Å². The molecule has 0 N–H and O–H groups in total. The summed E-state index contributed by atoms with van der Waals surface area (Å²) >= 11 is 6.25. The zero-order chi connectivity index (χ0) is 14.3. The number of fused-ring (bicyclic) bond motifs is 1. The fourth-order valence-corrected chi connectivity index (χ4v) is 2.55. The minimum Gasteiger partial charge on any atom is -0.493 e. The summed E-state index contributed by atoms with van der Waals surface area (Å²) in [6.07, 6.45) is 0.956. The van der Waals surface area contributed by atoms with Crippen molar-refractivity contribution in [2.75, 3.05) is 6.61 Å². The van der Waals surface area contributed by atoms with Crippen molar-refractivity contribution in [3.05, 3.63) is 40.3 Å². The maximum atomic E-state index is 6.25. The van der Waals surface area contributed by atoms with Crippen molar-refractivity contribution in [3.8, 4) is 17.0 Å². The maximum absolute atomic E-state index is 6.25. The Balaban J connectivity index is 2.14. The van der Waals surface area contributed by atoms with Gasteiger partial charge in [-0.1, -0.05) is 25.4 Å². The van der Waals surface area contributed by atoms with E-state index in [4.69, 9.17) is 21.3 Å². The molecule has 0 fully saturated rings. The molecule has 1 aliphatic heterocycles. The van der Waals surface area contributed by atoms with Crippen molar-refractivity contribution in [2.24, 2.45) is 0 Å². The van der Waals surface area contributed by atoms with E-state index >= 15 is 0 Å². The van der Waals surface area contributed by atoms with Crippen LogP contribution in [0, 0.1) is 6.92 Å². The van der Waals surface area contributed by atoms with Gasteiger partial charge >= 0.3 is 0 Å². The summed E-state index contributed by atoms with van der Waals surface area (Å²) in [7, 11) is 0. The van der Waals surface area contributed by atoms with Gasteiger partial charge in [-0.3, -0.25) is 0 Å². The summed E-state index contributed by atoms with van der Waals surface area (Å²) in [4.78, 5) is 9.05. The van der Waals surface area contributed by atoms with E-state index in [1.807, 2.05) is 19.1 Å². The molecular weight excluding hydrogens is 272 g/mol. The Morgan fingerprint density at radius 2 is 2.05 bits per heavy atom. The Morgan fingerprint density at radius 3 is 2.80 bits per heavy atom. The highest BCUT2D eigenvalue weighted by Crippen LogP contribution is 2.33. The van der Waals surface area contributed by atoms with E-state index in [9.17, 15) is 0 Å². The lowest BCUT2D eigenvalue weighted by Gasteiger charge is -2.12. The summed E-state index contributed by atoms with van der Waals surface area (Å²) in [5.41, 5.74) is 4.17. The molecule has 3 nitrogen and oxygen atoms in total. The van der Waals surface area contributed by atoms with Gasteiger partial charge in [0, 0.05) is 23.5 Å². The van der Waals surface area contributed by atoms with Crippen LogP contribution in [0.2, 0.25) is 5.15 Å². The van der Waals surface area contributed by atoms with Crippen LogP contribution in [0.1, 0.15) is 36.7 Å². The molecule has 1 aromatic carbocycles. The quantitative estimate of drug-likeness (QED) is 0.778. The number of hydrogen-bond donors (Lipinski definition) is 0. The Morgan fingerprint density at radius 1 is 1.25 bits per heavy atom. The first-order chi connectivity index (χ1) is 9.56. The third-order valence-electron chi connectivity index (χ3n) is 3.58. The normalized spacial score (nSPS) is 13.4. The summed E-state index contributed by atoms with van der Waals surface area (Å²) in [5, 5.41) is 0.537. The van der Waals surface area contributed by atoms with Gasteiger partial charge in [0.2, 0.25) is 0 Å². The Hall–Kier alpha value is -1.61. The molecule has 0 spiro atoms. The zero-order valence-corrected chi connectivity index (χ0v) is 12.7. The van der Waals surface area contributed by atoms with Crippen LogP contribution >= 0.6 is 11.6 Å². The molecule has 2 heterocycles. The Labute approximate surface area is 124 Å². The lowest BCUT2D eigenvalue weighted by molar-refractivity contribution is 0.357. The second kappa shape index (κ2) is 5.06. The van der Waals surface area contributed by atoms with Gasteiger partial charge in [-0.15, -0.1) is 0 Å². The highest BCUT2D eigenvalue weighted by molar-refractivity contribution is 6.30. The molecule has 0 aliphatic carbocycles. The molecule has 0 atom stereocenters. The van der Waals surface area contributed by atoms with Crippen molar-refractivity contribution >= 4 is 11.6 Å². The van der Waals surface area contributed by atoms with Crippen LogP contribution < -0.4 is 4.74 Å². The van der Waals surface area contributed by atoms with E-state index in [1.54, 1.807) is 0 Å².